The minimum absolute atomic E-state index is 0.00109. The number of carbonyl (C=O) groups excluding carboxylic acids is 2. The number of hydrogen-bond acceptors (Lipinski definition) is 5. The Morgan fingerprint density at radius 3 is 2.11 bits per heavy atom. The first kappa shape index (κ1) is 25.2. The summed E-state index contributed by atoms with van der Waals surface area (Å²) >= 11 is 5.75. The minimum Gasteiger partial charge on any atom is -0.497 e. The summed E-state index contributed by atoms with van der Waals surface area (Å²) in [5.41, 5.74) is 2.71. The Morgan fingerprint density at radius 1 is 0.889 bits per heavy atom. The SMILES string of the molecule is COc1ccc(CCN2C(=S)N(Cc3ccccc3)C(=O)C2CC(=O)Nc2ccc(OC)cc2)cc1. The smallest absolute Gasteiger partial charge is 0.252 e. The molecule has 0 saturated carbocycles. The molecule has 0 aliphatic carbocycles. The van der Waals surface area contributed by atoms with Crippen molar-refractivity contribution in [3.63, 3.8) is 0 Å². The Balaban J connectivity index is 1.49. The van der Waals surface area contributed by atoms with E-state index in [4.69, 9.17) is 21.7 Å². The van der Waals surface area contributed by atoms with E-state index >= 15 is 0 Å². The maximum atomic E-state index is 13.5. The molecule has 8 heteroatoms. The van der Waals surface area contributed by atoms with E-state index < -0.39 is 6.04 Å². The zero-order chi connectivity index (χ0) is 25.5. The van der Waals surface area contributed by atoms with Gasteiger partial charge in [-0.05, 0) is 66.2 Å². The third-order valence-corrected chi connectivity index (χ3v) is 6.60. The standard InChI is InChI=1S/C28H29N3O4S/c1-34-23-12-8-20(9-13-23)16-17-30-25(18-26(32)29-22-10-14-24(35-2)15-11-22)27(33)31(28(30)36)19-21-6-4-3-5-7-21/h3-15,25H,16-19H2,1-2H3,(H,29,32). The number of anilines is 1. The van der Waals surface area contributed by atoms with Crippen LogP contribution in [0.3, 0.4) is 0 Å². The van der Waals surface area contributed by atoms with E-state index in [1.807, 2.05) is 59.5 Å². The Labute approximate surface area is 216 Å². The van der Waals surface area contributed by atoms with Crippen molar-refractivity contribution in [2.45, 2.75) is 25.4 Å². The predicted molar refractivity (Wildman–Crippen MR) is 143 cm³/mol. The van der Waals surface area contributed by atoms with Gasteiger partial charge in [0.25, 0.3) is 5.91 Å². The molecule has 0 radical (unpaired) electrons. The van der Waals surface area contributed by atoms with Crippen molar-refractivity contribution >= 4 is 34.8 Å². The summed E-state index contributed by atoms with van der Waals surface area (Å²) in [7, 11) is 3.22. The average Bonchev–Trinajstić information content (AvgIpc) is 3.12. The molecule has 1 fully saturated rings. The van der Waals surface area contributed by atoms with E-state index in [1.54, 1.807) is 43.4 Å². The van der Waals surface area contributed by atoms with Gasteiger partial charge < -0.3 is 19.7 Å². The van der Waals surface area contributed by atoms with E-state index in [0.717, 1.165) is 16.9 Å². The van der Waals surface area contributed by atoms with Gasteiger partial charge in [-0.2, -0.15) is 0 Å². The lowest BCUT2D eigenvalue weighted by Crippen LogP contribution is -2.39. The van der Waals surface area contributed by atoms with Crippen LogP contribution in [0.1, 0.15) is 17.5 Å². The van der Waals surface area contributed by atoms with Gasteiger partial charge in [0.05, 0.1) is 27.2 Å². The van der Waals surface area contributed by atoms with Gasteiger partial charge in [-0.15, -0.1) is 0 Å². The first-order chi connectivity index (χ1) is 17.5. The largest absolute Gasteiger partial charge is 0.497 e. The number of amides is 2. The van der Waals surface area contributed by atoms with Crippen LogP contribution in [0.25, 0.3) is 0 Å². The summed E-state index contributed by atoms with van der Waals surface area (Å²) in [6.07, 6.45) is 0.673. The number of benzene rings is 3. The molecule has 1 heterocycles. The third-order valence-electron chi connectivity index (χ3n) is 6.14. The molecule has 1 atom stereocenters. The summed E-state index contributed by atoms with van der Waals surface area (Å²) in [5.74, 6) is 1.07. The summed E-state index contributed by atoms with van der Waals surface area (Å²) in [4.78, 5) is 29.9. The van der Waals surface area contributed by atoms with Crippen LogP contribution in [0.5, 0.6) is 11.5 Å². The van der Waals surface area contributed by atoms with Crippen LogP contribution in [-0.2, 0) is 22.6 Å². The van der Waals surface area contributed by atoms with Crippen LogP contribution in [0.4, 0.5) is 5.69 Å². The van der Waals surface area contributed by atoms with Crippen molar-refractivity contribution in [3.05, 3.63) is 90.0 Å². The van der Waals surface area contributed by atoms with Crippen LogP contribution in [0.2, 0.25) is 0 Å². The highest BCUT2D eigenvalue weighted by atomic mass is 32.1. The predicted octanol–water partition coefficient (Wildman–Crippen LogP) is 4.27. The number of rotatable bonds is 10. The summed E-state index contributed by atoms with van der Waals surface area (Å²) < 4.78 is 10.4. The van der Waals surface area contributed by atoms with Gasteiger partial charge in [0.1, 0.15) is 17.5 Å². The second-order valence-corrected chi connectivity index (χ2v) is 8.85. The molecule has 186 valence electrons. The van der Waals surface area contributed by atoms with Crippen LogP contribution in [0.15, 0.2) is 78.9 Å². The topological polar surface area (TPSA) is 71.1 Å². The Kier molecular flexibility index (Phi) is 8.17. The highest BCUT2D eigenvalue weighted by molar-refractivity contribution is 7.80. The van der Waals surface area contributed by atoms with Crippen LogP contribution in [0, 0.1) is 0 Å². The zero-order valence-corrected chi connectivity index (χ0v) is 21.2. The van der Waals surface area contributed by atoms with Gasteiger partial charge in [0, 0.05) is 12.2 Å². The molecule has 0 aromatic heterocycles. The molecule has 1 saturated heterocycles. The molecule has 4 rings (SSSR count). The molecule has 1 unspecified atom stereocenters. The molecule has 3 aromatic carbocycles. The van der Waals surface area contributed by atoms with Crippen molar-refractivity contribution in [3.8, 4) is 11.5 Å². The maximum absolute atomic E-state index is 13.5. The number of ether oxygens (including phenoxy) is 2. The summed E-state index contributed by atoms with van der Waals surface area (Å²) in [6.45, 7) is 0.886. The normalized spacial score (nSPS) is 15.2. The van der Waals surface area contributed by atoms with Crippen LogP contribution >= 0.6 is 12.2 Å². The molecular weight excluding hydrogens is 474 g/mol. The van der Waals surface area contributed by atoms with E-state index in [2.05, 4.69) is 5.32 Å². The number of thiocarbonyl (C=S) groups is 1. The lowest BCUT2D eigenvalue weighted by atomic mass is 10.1. The van der Waals surface area contributed by atoms with Gasteiger partial charge in [-0.1, -0.05) is 42.5 Å². The zero-order valence-electron chi connectivity index (χ0n) is 20.3. The Bertz CT molecular complexity index is 1200. The molecule has 3 aromatic rings. The lowest BCUT2D eigenvalue weighted by Gasteiger charge is -2.24. The first-order valence-corrected chi connectivity index (χ1v) is 12.1. The molecule has 1 aliphatic heterocycles. The van der Waals surface area contributed by atoms with Crippen molar-refractivity contribution in [1.82, 2.24) is 9.80 Å². The fraction of sp³-hybridized carbons (Fsp3) is 0.250. The number of nitrogens with one attached hydrogen (secondary N) is 1. The van der Waals surface area contributed by atoms with Gasteiger partial charge in [0.2, 0.25) is 5.91 Å². The fourth-order valence-electron chi connectivity index (χ4n) is 4.16. The van der Waals surface area contributed by atoms with Crippen molar-refractivity contribution in [2.24, 2.45) is 0 Å². The maximum Gasteiger partial charge on any atom is 0.252 e. The number of hydrogen-bond donors (Lipinski definition) is 1. The molecular formula is C28H29N3O4S. The summed E-state index contributed by atoms with van der Waals surface area (Å²) in [6, 6.07) is 23.9. The van der Waals surface area contributed by atoms with Gasteiger partial charge in [-0.3, -0.25) is 14.5 Å². The van der Waals surface area contributed by atoms with Crippen molar-refractivity contribution < 1.29 is 19.1 Å². The van der Waals surface area contributed by atoms with Crippen molar-refractivity contribution in [2.75, 3.05) is 26.1 Å². The molecule has 0 bridgehead atoms. The van der Waals surface area contributed by atoms with Gasteiger partial charge >= 0.3 is 0 Å². The minimum atomic E-state index is -0.669. The number of nitrogens with zero attached hydrogens (tertiary/aromatic N) is 2. The molecule has 1 N–H and O–H groups in total. The van der Waals surface area contributed by atoms with Crippen LogP contribution in [-0.4, -0.2) is 53.5 Å². The molecule has 1 aliphatic rings. The lowest BCUT2D eigenvalue weighted by molar-refractivity contribution is -0.131. The van der Waals surface area contributed by atoms with E-state index in [1.165, 1.54) is 0 Å². The van der Waals surface area contributed by atoms with E-state index in [-0.39, 0.29) is 18.2 Å². The molecule has 2 amide bonds. The number of methoxy groups -OCH3 is 2. The first-order valence-electron chi connectivity index (χ1n) is 11.7. The molecule has 7 nitrogen and oxygen atoms in total. The van der Waals surface area contributed by atoms with Crippen molar-refractivity contribution in [1.29, 1.82) is 0 Å². The highest BCUT2D eigenvalue weighted by Gasteiger charge is 2.43. The average molecular weight is 504 g/mol. The quantitative estimate of drug-likeness (QED) is 0.417. The van der Waals surface area contributed by atoms with Gasteiger partial charge in [0.15, 0.2) is 5.11 Å². The van der Waals surface area contributed by atoms with E-state index in [0.29, 0.717) is 36.1 Å². The van der Waals surface area contributed by atoms with E-state index in [9.17, 15) is 9.59 Å². The highest BCUT2D eigenvalue weighted by Crippen LogP contribution is 2.25. The Hall–Kier alpha value is -3.91. The fourth-order valence-corrected chi connectivity index (χ4v) is 4.53. The number of carbonyl (C=O) groups is 2. The molecule has 36 heavy (non-hydrogen) atoms. The van der Waals surface area contributed by atoms with Gasteiger partial charge in [-0.25, -0.2) is 0 Å². The third kappa shape index (κ3) is 6.01. The monoisotopic (exact) mass is 503 g/mol. The Morgan fingerprint density at radius 2 is 1.50 bits per heavy atom. The second-order valence-electron chi connectivity index (χ2n) is 8.48. The summed E-state index contributed by atoms with van der Waals surface area (Å²) in [5, 5.41) is 3.32. The molecule has 0 spiro atoms. The van der Waals surface area contributed by atoms with Crippen LogP contribution < -0.4 is 14.8 Å². The second kappa shape index (κ2) is 11.7.